The maximum Gasteiger partial charge on any atom is 0.243 e. The Balaban J connectivity index is 2.45. The van der Waals surface area contributed by atoms with E-state index in [1.165, 1.54) is 4.89 Å². The topological polar surface area (TPSA) is 66.4 Å². The number of sulfonamides is 1. The number of benzene rings is 1. The molecule has 0 heterocycles. The molecule has 0 amide bonds. The maximum absolute atomic E-state index is 11.5. The zero-order valence-corrected chi connectivity index (χ0v) is 8.29. The average Bonchev–Trinajstić information content (AvgIpc) is 3.00. The fourth-order valence-electron chi connectivity index (χ4n) is 1.66. The lowest BCUT2D eigenvalue weighted by atomic mass is 10.1. The molecular weight excluding hydrogens is 202 g/mol. The molecule has 4 nitrogen and oxygen atoms in total. The molecule has 5 heteroatoms. The summed E-state index contributed by atoms with van der Waals surface area (Å²) in [4.78, 5) is 1.41. The summed E-state index contributed by atoms with van der Waals surface area (Å²) in [6, 6.07) is 8.95. The first-order chi connectivity index (χ1) is 6.62. The average molecular weight is 213 g/mol. The minimum atomic E-state index is -3.63. The maximum atomic E-state index is 11.5. The number of hydrogen-bond donors (Lipinski definition) is 2. The minimum absolute atomic E-state index is 0.562. The second-order valence-corrected chi connectivity index (χ2v) is 5.43. The summed E-state index contributed by atoms with van der Waals surface area (Å²) in [5, 5.41) is 8.59. The molecule has 2 rings (SSSR count). The van der Waals surface area contributed by atoms with E-state index in [1.54, 1.807) is 24.3 Å². The van der Waals surface area contributed by atoms with Crippen LogP contribution in [-0.2, 0) is 14.8 Å². The molecule has 14 heavy (non-hydrogen) atoms. The quantitative estimate of drug-likeness (QED) is 0.736. The predicted molar refractivity (Wildman–Crippen MR) is 51.2 cm³/mol. The molecular formula is C9H11NO3S. The van der Waals surface area contributed by atoms with Crippen molar-refractivity contribution < 1.29 is 13.6 Å². The van der Waals surface area contributed by atoms with E-state index in [4.69, 9.17) is 5.21 Å². The molecule has 0 atom stereocenters. The summed E-state index contributed by atoms with van der Waals surface area (Å²) in [7, 11) is -3.63. The highest BCUT2D eigenvalue weighted by Crippen LogP contribution is 2.51. The molecule has 76 valence electrons. The Morgan fingerprint density at radius 3 is 2.21 bits per heavy atom. The van der Waals surface area contributed by atoms with Crippen LogP contribution in [0.3, 0.4) is 0 Å². The summed E-state index contributed by atoms with van der Waals surface area (Å²) >= 11 is 0. The van der Waals surface area contributed by atoms with Crippen LogP contribution < -0.4 is 4.89 Å². The normalized spacial score (nSPS) is 19.2. The molecule has 0 radical (unpaired) electrons. The fraction of sp³-hybridized carbons (Fsp3) is 0.333. The molecule has 0 bridgehead atoms. The second kappa shape index (κ2) is 3.05. The van der Waals surface area contributed by atoms with E-state index in [9.17, 15) is 8.42 Å². The van der Waals surface area contributed by atoms with Crippen LogP contribution in [0.2, 0.25) is 0 Å². The molecule has 1 aromatic carbocycles. The molecule has 2 N–H and O–H groups in total. The van der Waals surface area contributed by atoms with E-state index >= 15 is 0 Å². The fourth-order valence-corrected chi connectivity index (χ4v) is 2.92. The third-order valence-electron chi connectivity index (χ3n) is 2.64. The standard InChI is InChI=1S/C9H11NO3S/c11-10-14(12,13)9(6-7-9)8-4-2-1-3-5-8/h1-5,10-11H,6-7H2. The first kappa shape index (κ1) is 9.64. The third kappa shape index (κ3) is 1.25. The number of hydrogen-bond acceptors (Lipinski definition) is 3. The zero-order valence-electron chi connectivity index (χ0n) is 7.47. The van der Waals surface area contributed by atoms with Crippen LogP contribution in [0.4, 0.5) is 0 Å². The molecule has 1 aliphatic rings. The first-order valence-electron chi connectivity index (χ1n) is 4.33. The van der Waals surface area contributed by atoms with Gasteiger partial charge in [-0.1, -0.05) is 35.2 Å². The van der Waals surface area contributed by atoms with E-state index in [0.29, 0.717) is 12.8 Å². The van der Waals surface area contributed by atoms with Crippen molar-refractivity contribution in [2.45, 2.75) is 17.6 Å². The lowest BCUT2D eigenvalue weighted by Crippen LogP contribution is -2.32. The van der Waals surface area contributed by atoms with Crippen molar-refractivity contribution in [3.8, 4) is 0 Å². The summed E-state index contributed by atoms with van der Waals surface area (Å²) < 4.78 is 22.1. The molecule has 0 saturated heterocycles. The van der Waals surface area contributed by atoms with Crippen LogP contribution in [0.5, 0.6) is 0 Å². The van der Waals surface area contributed by atoms with E-state index in [-0.39, 0.29) is 0 Å². The molecule has 1 saturated carbocycles. The van der Waals surface area contributed by atoms with Gasteiger partial charge in [0.2, 0.25) is 10.0 Å². The van der Waals surface area contributed by atoms with Crippen molar-refractivity contribution in [1.29, 1.82) is 0 Å². The Bertz CT molecular complexity index is 423. The van der Waals surface area contributed by atoms with Gasteiger partial charge in [0, 0.05) is 0 Å². The second-order valence-electron chi connectivity index (χ2n) is 3.46. The van der Waals surface area contributed by atoms with Gasteiger partial charge in [-0.3, -0.25) is 0 Å². The largest absolute Gasteiger partial charge is 0.302 e. The Labute approximate surface area is 82.6 Å². The van der Waals surface area contributed by atoms with Gasteiger partial charge >= 0.3 is 0 Å². The molecule has 0 aromatic heterocycles. The van der Waals surface area contributed by atoms with Crippen molar-refractivity contribution in [2.75, 3.05) is 0 Å². The summed E-state index contributed by atoms with van der Waals surface area (Å²) in [6.07, 6.45) is 1.12. The van der Waals surface area contributed by atoms with Crippen molar-refractivity contribution in [2.24, 2.45) is 0 Å². The Kier molecular flexibility index (Phi) is 2.10. The summed E-state index contributed by atoms with van der Waals surface area (Å²) in [5.74, 6) is 0. The van der Waals surface area contributed by atoms with Crippen LogP contribution >= 0.6 is 0 Å². The Morgan fingerprint density at radius 1 is 1.21 bits per heavy atom. The van der Waals surface area contributed by atoms with Crippen LogP contribution in [0.1, 0.15) is 18.4 Å². The van der Waals surface area contributed by atoms with E-state index in [0.717, 1.165) is 5.56 Å². The van der Waals surface area contributed by atoms with Crippen molar-refractivity contribution in [1.82, 2.24) is 4.89 Å². The van der Waals surface area contributed by atoms with Gasteiger partial charge in [-0.05, 0) is 18.4 Å². The van der Waals surface area contributed by atoms with Crippen molar-refractivity contribution in [3.63, 3.8) is 0 Å². The molecule has 1 aliphatic carbocycles. The summed E-state index contributed by atoms with van der Waals surface area (Å²) in [6.45, 7) is 0. The van der Waals surface area contributed by atoms with Gasteiger partial charge in [0.1, 0.15) is 4.75 Å². The van der Waals surface area contributed by atoms with Gasteiger partial charge in [-0.25, -0.2) is 8.42 Å². The summed E-state index contributed by atoms with van der Waals surface area (Å²) in [5.41, 5.74) is 0.738. The van der Waals surface area contributed by atoms with E-state index in [1.807, 2.05) is 6.07 Å². The minimum Gasteiger partial charge on any atom is -0.302 e. The van der Waals surface area contributed by atoms with E-state index < -0.39 is 14.8 Å². The SMILES string of the molecule is O=S(=O)(NO)C1(c2ccccc2)CC1. The van der Waals surface area contributed by atoms with Crippen LogP contribution in [0.15, 0.2) is 30.3 Å². The molecule has 0 unspecified atom stereocenters. The number of nitrogens with one attached hydrogen (secondary N) is 1. The molecule has 0 aliphatic heterocycles. The van der Waals surface area contributed by atoms with Crippen molar-refractivity contribution >= 4 is 10.0 Å². The smallest absolute Gasteiger partial charge is 0.243 e. The highest BCUT2D eigenvalue weighted by atomic mass is 32.2. The molecule has 0 spiro atoms. The van der Waals surface area contributed by atoms with Gasteiger partial charge in [0.25, 0.3) is 0 Å². The van der Waals surface area contributed by atoms with Gasteiger partial charge in [0.05, 0.1) is 0 Å². The van der Waals surface area contributed by atoms with Gasteiger partial charge in [0.15, 0.2) is 0 Å². The zero-order chi connectivity index (χ0) is 10.2. The highest BCUT2D eigenvalue weighted by molar-refractivity contribution is 7.90. The Hall–Kier alpha value is -0.910. The lowest BCUT2D eigenvalue weighted by molar-refractivity contribution is 0.240. The monoisotopic (exact) mass is 213 g/mol. The van der Waals surface area contributed by atoms with Gasteiger partial charge < -0.3 is 5.21 Å². The predicted octanol–water partition coefficient (Wildman–Crippen LogP) is 0.984. The highest BCUT2D eigenvalue weighted by Gasteiger charge is 2.55. The van der Waals surface area contributed by atoms with Crippen LogP contribution in [0, 0.1) is 0 Å². The molecule has 1 fully saturated rings. The van der Waals surface area contributed by atoms with Crippen LogP contribution in [0.25, 0.3) is 0 Å². The Morgan fingerprint density at radius 2 is 1.79 bits per heavy atom. The molecule has 1 aromatic rings. The number of rotatable bonds is 3. The third-order valence-corrected chi connectivity index (χ3v) is 4.55. The van der Waals surface area contributed by atoms with Crippen LogP contribution in [-0.4, -0.2) is 13.6 Å². The lowest BCUT2D eigenvalue weighted by Gasteiger charge is -2.14. The first-order valence-corrected chi connectivity index (χ1v) is 5.82. The van der Waals surface area contributed by atoms with E-state index in [2.05, 4.69) is 0 Å². The van der Waals surface area contributed by atoms with Gasteiger partial charge in [-0.15, -0.1) is 0 Å². The van der Waals surface area contributed by atoms with Crippen molar-refractivity contribution in [3.05, 3.63) is 35.9 Å². The van der Waals surface area contributed by atoms with Gasteiger partial charge in [-0.2, -0.15) is 0 Å².